The van der Waals surface area contributed by atoms with Crippen LogP contribution in [0.3, 0.4) is 0 Å². The summed E-state index contributed by atoms with van der Waals surface area (Å²) in [6, 6.07) is 11.5. The van der Waals surface area contributed by atoms with E-state index < -0.39 is 0 Å². The SMILES string of the molecule is COC(=O)c1cccn1C1CCN(C(=O)c2cccc(N(C)C)c2)CC1. The number of hydrogen-bond donors (Lipinski definition) is 0. The number of methoxy groups -OCH3 is 1. The van der Waals surface area contributed by atoms with Crippen molar-refractivity contribution in [3.63, 3.8) is 0 Å². The van der Waals surface area contributed by atoms with Crippen LogP contribution in [0.5, 0.6) is 0 Å². The number of nitrogens with zero attached hydrogens (tertiary/aromatic N) is 3. The van der Waals surface area contributed by atoms with E-state index in [4.69, 9.17) is 4.74 Å². The van der Waals surface area contributed by atoms with Gasteiger partial charge in [-0.2, -0.15) is 0 Å². The highest BCUT2D eigenvalue weighted by Crippen LogP contribution is 2.26. The van der Waals surface area contributed by atoms with Gasteiger partial charge in [0.1, 0.15) is 5.69 Å². The number of amides is 1. The molecule has 2 heterocycles. The van der Waals surface area contributed by atoms with Crippen molar-refractivity contribution in [3.8, 4) is 0 Å². The third-order valence-corrected chi connectivity index (χ3v) is 4.93. The Labute approximate surface area is 154 Å². The summed E-state index contributed by atoms with van der Waals surface area (Å²) in [5.74, 6) is -0.262. The Morgan fingerprint density at radius 3 is 2.50 bits per heavy atom. The minimum atomic E-state index is -0.325. The van der Waals surface area contributed by atoms with Crippen molar-refractivity contribution in [2.24, 2.45) is 0 Å². The summed E-state index contributed by atoms with van der Waals surface area (Å²) < 4.78 is 6.82. The Bertz CT molecular complexity index is 789. The summed E-state index contributed by atoms with van der Waals surface area (Å²) in [6.07, 6.45) is 3.55. The first-order valence-electron chi connectivity index (χ1n) is 8.83. The van der Waals surface area contributed by atoms with Gasteiger partial charge in [0.15, 0.2) is 0 Å². The summed E-state index contributed by atoms with van der Waals surface area (Å²) in [5, 5.41) is 0. The molecule has 1 aromatic carbocycles. The van der Waals surface area contributed by atoms with Crippen LogP contribution in [-0.4, -0.2) is 55.6 Å². The van der Waals surface area contributed by atoms with Gasteiger partial charge in [0.2, 0.25) is 0 Å². The van der Waals surface area contributed by atoms with Gasteiger partial charge in [0.05, 0.1) is 7.11 Å². The second kappa shape index (κ2) is 7.64. The maximum Gasteiger partial charge on any atom is 0.354 e. The lowest BCUT2D eigenvalue weighted by molar-refractivity contribution is 0.0573. The summed E-state index contributed by atoms with van der Waals surface area (Å²) in [5.41, 5.74) is 2.29. The van der Waals surface area contributed by atoms with Crippen molar-refractivity contribution in [3.05, 3.63) is 53.9 Å². The molecule has 26 heavy (non-hydrogen) atoms. The molecule has 0 radical (unpaired) electrons. The number of piperidine rings is 1. The Hall–Kier alpha value is -2.76. The lowest BCUT2D eigenvalue weighted by Gasteiger charge is -2.33. The highest BCUT2D eigenvalue weighted by atomic mass is 16.5. The fraction of sp³-hybridized carbons (Fsp3) is 0.400. The van der Waals surface area contributed by atoms with Gasteiger partial charge >= 0.3 is 5.97 Å². The van der Waals surface area contributed by atoms with E-state index >= 15 is 0 Å². The van der Waals surface area contributed by atoms with Gasteiger partial charge in [-0.1, -0.05) is 6.07 Å². The Balaban J connectivity index is 1.67. The van der Waals surface area contributed by atoms with Crippen molar-refractivity contribution in [2.45, 2.75) is 18.9 Å². The van der Waals surface area contributed by atoms with E-state index in [2.05, 4.69) is 0 Å². The van der Waals surface area contributed by atoms with Crippen LogP contribution in [0.15, 0.2) is 42.6 Å². The predicted octanol–water partition coefficient (Wildman–Crippen LogP) is 2.82. The van der Waals surface area contributed by atoms with Crippen LogP contribution in [0.1, 0.15) is 39.7 Å². The van der Waals surface area contributed by atoms with E-state index in [0.29, 0.717) is 24.3 Å². The van der Waals surface area contributed by atoms with Crippen molar-refractivity contribution < 1.29 is 14.3 Å². The molecule has 1 aliphatic rings. The van der Waals surface area contributed by atoms with Gasteiger partial charge < -0.3 is 19.1 Å². The van der Waals surface area contributed by atoms with Crippen molar-refractivity contribution >= 4 is 17.6 Å². The summed E-state index contributed by atoms with van der Waals surface area (Å²) in [6.45, 7) is 1.35. The zero-order valence-electron chi connectivity index (χ0n) is 15.5. The molecule has 0 bridgehead atoms. The van der Waals surface area contributed by atoms with Gasteiger partial charge in [-0.25, -0.2) is 4.79 Å². The van der Waals surface area contributed by atoms with Gasteiger partial charge in [-0.05, 0) is 43.2 Å². The lowest BCUT2D eigenvalue weighted by atomic mass is 10.0. The molecule has 6 heteroatoms. The number of likely N-dealkylation sites (tertiary alicyclic amines) is 1. The van der Waals surface area contributed by atoms with Gasteiger partial charge in [0.25, 0.3) is 5.91 Å². The highest BCUT2D eigenvalue weighted by Gasteiger charge is 2.26. The van der Waals surface area contributed by atoms with Crippen LogP contribution in [0.25, 0.3) is 0 Å². The normalized spacial score (nSPS) is 15.0. The molecular formula is C20H25N3O3. The van der Waals surface area contributed by atoms with E-state index in [9.17, 15) is 9.59 Å². The number of carbonyl (C=O) groups excluding carboxylic acids is 2. The monoisotopic (exact) mass is 355 g/mol. The summed E-state index contributed by atoms with van der Waals surface area (Å²) in [7, 11) is 5.32. The highest BCUT2D eigenvalue weighted by molar-refractivity contribution is 5.95. The molecule has 0 spiro atoms. The largest absolute Gasteiger partial charge is 0.464 e. The Morgan fingerprint density at radius 2 is 1.85 bits per heavy atom. The first kappa shape index (κ1) is 18.0. The second-order valence-corrected chi connectivity index (χ2v) is 6.76. The number of aromatic nitrogens is 1. The minimum absolute atomic E-state index is 0.0628. The molecule has 0 unspecified atom stereocenters. The molecule has 1 fully saturated rings. The molecule has 1 aliphatic heterocycles. The third-order valence-electron chi connectivity index (χ3n) is 4.93. The van der Waals surface area contributed by atoms with Crippen LogP contribution in [0, 0.1) is 0 Å². The maximum absolute atomic E-state index is 12.8. The first-order chi connectivity index (χ1) is 12.5. The molecular weight excluding hydrogens is 330 g/mol. The van der Waals surface area contributed by atoms with Crippen LogP contribution < -0.4 is 4.90 Å². The third kappa shape index (κ3) is 3.59. The molecule has 0 saturated carbocycles. The molecule has 1 amide bonds. The maximum atomic E-state index is 12.8. The molecule has 2 aromatic rings. The topological polar surface area (TPSA) is 54.8 Å². The standard InChI is InChI=1S/C20H25N3O3/c1-21(2)17-7-4-6-15(14-17)19(24)22-12-9-16(10-13-22)23-11-5-8-18(23)20(25)26-3/h4-8,11,14,16H,9-10,12-13H2,1-3H3. The van der Waals surface area contributed by atoms with Gasteiger partial charge in [-0.3, -0.25) is 4.79 Å². The van der Waals surface area contributed by atoms with E-state index in [1.807, 2.05) is 65.0 Å². The summed E-state index contributed by atoms with van der Waals surface area (Å²) in [4.78, 5) is 28.6. The summed E-state index contributed by atoms with van der Waals surface area (Å²) >= 11 is 0. The number of esters is 1. The molecule has 3 rings (SSSR count). The number of anilines is 1. The smallest absolute Gasteiger partial charge is 0.354 e. The van der Waals surface area contributed by atoms with E-state index in [0.717, 1.165) is 18.5 Å². The molecule has 1 saturated heterocycles. The number of benzene rings is 1. The molecule has 0 N–H and O–H groups in total. The Morgan fingerprint density at radius 1 is 1.12 bits per heavy atom. The molecule has 1 aromatic heterocycles. The van der Waals surface area contributed by atoms with Crippen molar-refractivity contribution in [2.75, 3.05) is 39.2 Å². The first-order valence-corrected chi connectivity index (χ1v) is 8.83. The van der Waals surface area contributed by atoms with Crippen molar-refractivity contribution in [1.29, 1.82) is 0 Å². The van der Waals surface area contributed by atoms with Crippen LogP contribution in [0.4, 0.5) is 5.69 Å². The van der Waals surface area contributed by atoms with Crippen LogP contribution >= 0.6 is 0 Å². The van der Waals surface area contributed by atoms with E-state index in [-0.39, 0.29) is 17.9 Å². The lowest BCUT2D eigenvalue weighted by Crippen LogP contribution is -2.39. The zero-order chi connectivity index (χ0) is 18.7. The van der Waals surface area contributed by atoms with Crippen LogP contribution in [0.2, 0.25) is 0 Å². The molecule has 0 aliphatic carbocycles. The fourth-order valence-electron chi connectivity index (χ4n) is 3.44. The molecule has 0 atom stereocenters. The van der Waals surface area contributed by atoms with E-state index in [1.54, 1.807) is 6.07 Å². The second-order valence-electron chi connectivity index (χ2n) is 6.76. The fourth-order valence-corrected chi connectivity index (χ4v) is 3.44. The van der Waals surface area contributed by atoms with Crippen LogP contribution in [-0.2, 0) is 4.74 Å². The van der Waals surface area contributed by atoms with Gasteiger partial charge in [0, 0.05) is 50.7 Å². The molecule has 138 valence electrons. The number of ether oxygens (including phenoxy) is 1. The average molecular weight is 355 g/mol. The number of rotatable bonds is 4. The average Bonchev–Trinajstić information content (AvgIpc) is 3.17. The Kier molecular flexibility index (Phi) is 5.30. The quantitative estimate of drug-likeness (QED) is 0.792. The van der Waals surface area contributed by atoms with Crippen molar-refractivity contribution in [1.82, 2.24) is 9.47 Å². The molecule has 6 nitrogen and oxygen atoms in total. The predicted molar refractivity (Wildman–Crippen MR) is 101 cm³/mol. The van der Waals surface area contributed by atoms with E-state index in [1.165, 1.54) is 7.11 Å². The number of carbonyl (C=O) groups is 2. The number of hydrogen-bond acceptors (Lipinski definition) is 4. The van der Waals surface area contributed by atoms with Gasteiger partial charge in [-0.15, -0.1) is 0 Å². The zero-order valence-corrected chi connectivity index (χ0v) is 15.5. The minimum Gasteiger partial charge on any atom is -0.464 e.